The molecular weight excluding hydrogens is 90.1 g/mol. The molecule has 0 unspecified atom stereocenters. The second kappa shape index (κ2) is 1.60. The van der Waals surface area contributed by atoms with Gasteiger partial charge in [-0.25, -0.2) is 0 Å². The Hall–Kier alpha value is -1.05. The van der Waals surface area contributed by atoms with Crippen molar-refractivity contribution in [3.05, 3.63) is 24.5 Å². The Balaban J connectivity index is 0.000000490. The van der Waals surface area contributed by atoms with E-state index in [0.29, 0.717) is 0 Å². The molecule has 0 aliphatic heterocycles. The van der Waals surface area contributed by atoms with E-state index in [1.54, 1.807) is 18.3 Å². The standard InChI is InChI=1S/C5H5NO.H2/c7-5-2-1-3-6-4-5;/h1-4,7H;1H. The van der Waals surface area contributed by atoms with Gasteiger partial charge in [0.2, 0.25) is 0 Å². The summed E-state index contributed by atoms with van der Waals surface area (Å²) in [7, 11) is 0. The summed E-state index contributed by atoms with van der Waals surface area (Å²) in [4.78, 5) is 3.63. The first-order valence-electron chi connectivity index (χ1n) is 1.98. The fourth-order valence-corrected chi connectivity index (χ4v) is 0.354. The van der Waals surface area contributed by atoms with Crippen LogP contribution in [0.25, 0.3) is 0 Å². The Morgan fingerprint density at radius 2 is 2.57 bits per heavy atom. The first-order valence-corrected chi connectivity index (χ1v) is 1.98. The molecule has 0 saturated heterocycles. The molecule has 0 atom stereocenters. The van der Waals surface area contributed by atoms with Gasteiger partial charge in [0.05, 0.1) is 6.20 Å². The SMILES string of the molecule is Oc1cccnc1.[HH]. The van der Waals surface area contributed by atoms with E-state index in [1.807, 2.05) is 0 Å². The minimum atomic E-state index is 0. The molecular formula is C5H7NO. The van der Waals surface area contributed by atoms with Gasteiger partial charge < -0.3 is 5.11 Å². The lowest BCUT2D eigenvalue weighted by atomic mass is 10.5. The molecule has 0 aliphatic rings. The first-order chi connectivity index (χ1) is 3.39. The van der Waals surface area contributed by atoms with Crippen LogP contribution in [0.2, 0.25) is 0 Å². The third-order valence-electron chi connectivity index (χ3n) is 0.646. The van der Waals surface area contributed by atoms with Crippen LogP contribution in [0.3, 0.4) is 0 Å². The number of rotatable bonds is 0. The Kier molecular flexibility index (Phi) is 0.941. The third kappa shape index (κ3) is 0.892. The highest BCUT2D eigenvalue weighted by atomic mass is 16.3. The highest BCUT2D eigenvalue weighted by molar-refractivity contribution is 5.12. The predicted octanol–water partition coefficient (Wildman–Crippen LogP) is 1.03. The number of aromatic nitrogens is 1. The maximum atomic E-state index is 8.57. The number of nitrogens with zero attached hydrogens (tertiary/aromatic N) is 1. The minimum absolute atomic E-state index is 0. The highest BCUT2D eigenvalue weighted by Crippen LogP contribution is 1.99. The molecule has 0 aliphatic carbocycles. The van der Waals surface area contributed by atoms with Gasteiger partial charge in [-0.15, -0.1) is 0 Å². The monoisotopic (exact) mass is 97.1 g/mol. The lowest BCUT2D eigenvalue weighted by molar-refractivity contribution is 0.472. The van der Waals surface area contributed by atoms with E-state index in [-0.39, 0.29) is 7.18 Å². The van der Waals surface area contributed by atoms with Crippen molar-refractivity contribution in [2.45, 2.75) is 0 Å². The van der Waals surface area contributed by atoms with Crippen LogP contribution in [-0.2, 0) is 0 Å². The van der Waals surface area contributed by atoms with Crippen LogP contribution in [0, 0.1) is 0 Å². The Morgan fingerprint density at radius 3 is 2.86 bits per heavy atom. The first kappa shape index (κ1) is 4.12. The molecule has 38 valence electrons. The summed E-state index contributed by atoms with van der Waals surface area (Å²) in [5, 5.41) is 8.57. The molecule has 1 aromatic heterocycles. The molecule has 0 amide bonds. The van der Waals surface area contributed by atoms with Crippen molar-refractivity contribution >= 4 is 0 Å². The third-order valence-corrected chi connectivity index (χ3v) is 0.646. The van der Waals surface area contributed by atoms with Gasteiger partial charge in [0.1, 0.15) is 5.75 Å². The van der Waals surface area contributed by atoms with Gasteiger partial charge >= 0.3 is 0 Å². The number of pyridine rings is 1. The maximum Gasteiger partial charge on any atom is 0.133 e. The summed E-state index contributed by atoms with van der Waals surface area (Å²) in [6.45, 7) is 0. The number of aromatic hydroxyl groups is 1. The van der Waals surface area contributed by atoms with Gasteiger partial charge in [0.15, 0.2) is 0 Å². The van der Waals surface area contributed by atoms with Crippen LogP contribution < -0.4 is 0 Å². The summed E-state index contributed by atoms with van der Waals surface area (Å²) >= 11 is 0. The van der Waals surface area contributed by atoms with Crippen molar-refractivity contribution in [1.29, 1.82) is 0 Å². The molecule has 1 rings (SSSR count). The minimum Gasteiger partial charge on any atom is -0.506 e. The fraction of sp³-hybridized carbons (Fsp3) is 0. The van der Waals surface area contributed by atoms with Crippen LogP contribution in [0.5, 0.6) is 5.75 Å². The van der Waals surface area contributed by atoms with Crippen molar-refractivity contribution in [2.75, 3.05) is 0 Å². The van der Waals surface area contributed by atoms with Gasteiger partial charge in [-0.1, -0.05) is 0 Å². The van der Waals surface area contributed by atoms with Crippen molar-refractivity contribution < 1.29 is 6.53 Å². The summed E-state index contributed by atoms with van der Waals surface area (Å²) < 4.78 is 0. The van der Waals surface area contributed by atoms with Gasteiger partial charge in [0, 0.05) is 7.62 Å². The normalized spacial score (nSPS) is 8.57. The molecule has 0 aromatic carbocycles. The van der Waals surface area contributed by atoms with Crippen LogP contribution in [-0.4, -0.2) is 10.1 Å². The largest absolute Gasteiger partial charge is 0.506 e. The molecule has 0 spiro atoms. The van der Waals surface area contributed by atoms with Gasteiger partial charge in [-0.3, -0.25) is 4.98 Å². The molecule has 2 heteroatoms. The van der Waals surface area contributed by atoms with E-state index < -0.39 is 0 Å². The lowest BCUT2D eigenvalue weighted by Crippen LogP contribution is -1.64. The molecule has 1 N–H and O–H groups in total. The van der Waals surface area contributed by atoms with E-state index in [1.165, 1.54) is 6.20 Å². The molecule has 7 heavy (non-hydrogen) atoms. The molecule has 1 aromatic rings. The summed E-state index contributed by atoms with van der Waals surface area (Å²) in [5.74, 6) is 0.211. The van der Waals surface area contributed by atoms with E-state index >= 15 is 0 Å². The van der Waals surface area contributed by atoms with Crippen LogP contribution >= 0.6 is 0 Å². The van der Waals surface area contributed by atoms with Crippen LogP contribution in [0.1, 0.15) is 1.43 Å². The number of hydrogen-bond donors (Lipinski definition) is 1. The van der Waals surface area contributed by atoms with Gasteiger partial charge in [0.25, 0.3) is 0 Å². The summed E-state index contributed by atoms with van der Waals surface area (Å²) in [5.41, 5.74) is 0. The lowest BCUT2D eigenvalue weighted by Gasteiger charge is -1.81. The van der Waals surface area contributed by atoms with Crippen molar-refractivity contribution in [3.63, 3.8) is 0 Å². The smallest absolute Gasteiger partial charge is 0.133 e. The zero-order valence-electron chi connectivity index (χ0n) is 3.70. The van der Waals surface area contributed by atoms with E-state index in [9.17, 15) is 0 Å². The van der Waals surface area contributed by atoms with E-state index in [0.717, 1.165) is 0 Å². The zero-order chi connectivity index (χ0) is 5.11. The van der Waals surface area contributed by atoms with Crippen LogP contribution in [0.15, 0.2) is 24.5 Å². The average Bonchev–Trinajstić information content (AvgIpc) is 1.69. The fourth-order valence-electron chi connectivity index (χ4n) is 0.354. The quantitative estimate of drug-likeness (QED) is 0.524. The Bertz CT molecular complexity index is 142. The van der Waals surface area contributed by atoms with Crippen molar-refractivity contribution in [3.8, 4) is 5.75 Å². The second-order valence-corrected chi connectivity index (χ2v) is 1.21. The Morgan fingerprint density at radius 1 is 1.71 bits per heavy atom. The molecule has 0 radical (unpaired) electrons. The van der Waals surface area contributed by atoms with E-state index in [4.69, 9.17) is 5.11 Å². The van der Waals surface area contributed by atoms with Gasteiger partial charge in [-0.2, -0.15) is 0 Å². The second-order valence-electron chi connectivity index (χ2n) is 1.21. The zero-order valence-corrected chi connectivity index (χ0v) is 3.70. The summed E-state index contributed by atoms with van der Waals surface area (Å²) in [6.07, 6.45) is 3.00. The Labute approximate surface area is 42.9 Å². The van der Waals surface area contributed by atoms with E-state index in [2.05, 4.69) is 4.98 Å². The average molecular weight is 97.1 g/mol. The molecule has 0 fully saturated rings. The maximum absolute atomic E-state index is 8.57. The van der Waals surface area contributed by atoms with Gasteiger partial charge in [-0.05, 0) is 12.1 Å². The predicted molar refractivity (Wildman–Crippen MR) is 28.0 cm³/mol. The van der Waals surface area contributed by atoms with Crippen molar-refractivity contribution in [2.24, 2.45) is 0 Å². The molecule has 1 heterocycles. The van der Waals surface area contributed by atoms with Crippen LogP contribution in [0.4, 0.5) is 0 Å². The molecule has 0 bridgehead atoms. The van der Waals surface area contributed by atoms with Crippen molar-refractivity contribution in [1.82, 2.24) is 4.98 Å². The summed E-state index contributed by atoms with van der Waals surface area (Å²) in [6, 6.07) is 3.25. The molecule has 0 saturated carbocycles. The molecule has 2 nitrogen and oxygen atoms in total. The highest BCUT2D eigenvalue weighted by Gasteiger charge is 1.76. The number of hydrogen-bond acceptors (Lipinski definition) is 2. The topological polar surface area (TPSA) is 33.1 Å².